The Morgan fingerprint density at radius 1 is 1.25 bits per heavy atom. The van der Waals surface area contributed by atoms with E-state index < -0.39 is 0 Å². The number of methoxy groups -OCH3 is 1. The van der Waals surface area contributed by atoms with Gasteiger partial charge in [-0.3, -0.25) is 0 Å². The predicted molar refractivity (Wildman–Crippen MR) is 49.2 cm³/mol. The van der Waals surface area contributed by atoms with Gasteiger partial charge in [0.15, 0.2) is 0 Å². The maximum Gasteiger partial charge on any atom is 0.0621 e. The van der Waals surface area contributed by atoms with E-state index in [2.05, 4.69) is 20.8 Å². The molecule has 72 valence electrons. The minimum absolute atomic E-state index is 0.00607. The van der Waals surface area contributed by atoms with Gasteiger partial charge in [-0.2, -0.15) is 0 Å². The van der Waals surface area contributed by atoms with Crippen LogP contribution >= 0.6 is 0 Å². The standard InChI is InChI=1S/C10H20O2/c1-10(2,3)12-7-8-5-6-9(8)11-4/h8-9H,5-7H2,1-4H3/t8-,9+/m0/s1. The normalized spacial score (nSPS) is 30.0. The summed E-state index contributed by atoms with van der Waals surface area (Å²) in [6.07, 6.45) is 2.91. The predicted octanol–water partition coefficient (Wildman–Crippen LogP) is 2.23. The maximum atomic E-state index is 5.69. The Morgan fingerprint density at radius 3 is 2.25 bits per heavy atom. The van der Waals surface area contributed by atoms with Gasteiger partial charge in [-0.1, -0.05) is 0 Å². The van der Waals surface area contributed by atoms with Gasteiger partial charge in [0.25, 0.3) is 0 Å². The molecule has 0 bridgehead atoms. The Balaban J connectivity index is 2.16. The molecule has 0 aromatic rings. The van der Waals surface area contributed by atoms with Crippen LogP contribution < -0.4 is 0 Å². The van der Waals surface area contributed by atoms with Crippen molar-refractivity contribution in [2.75, 3.05) is 13.7 Å². The number of hydrogen-bond acceptors (Lipinski definition) is 2. The van der Waals surface area contributed by atoms with Crippen LogP contribution in [0.4, 0.5) is 0 Å². The van der Waals surface area contributed by atoms with Crippen LogP contribution in [0.3, 0.4) is 0 Å². The molecule has 0 aromatic carbocycles. The van der Waals surface area contributed by atoms with Crippen molar-refractivity contribution in [1.29, 1.82) is 0 Å². The van der Waals surface area contributed by atoms with Gasteiger partial charge in [0.1, 0.15) is 0 Å². The molecule has 0 heterocycles. The smallest absolute Gasteiger partial charge is 0.0621 e. The van der Waals surface area contributed by atoms with Crippen molar-refractivity contribution in [3.63, 3.8) is 0 Å². The summed E-state index contributed by atoms with van der Waals surface area (Å²) in [5, 5.41) is 0. The van der Waals surface area contributed by atoms with Crippen molar-refractivity contribution in [3.8, 4) is 0 Å². The summed E-state index contributed by atoms with van der Waals surface area (Å²) in [4.78, 5) is 0. The molecule has 1 saturated carbocycles. The second kappa shape index (κ2) is 3.75. The highest BCUT2D eigenvalue weighted by atomic mass is 16.5. The summed E-state index contributed by atoms with van der Waals surface area (Å²) < 4.78 is 11.0. The zero-order valence-electron chi connectivity index (χ0n) is 8.59. The summed E-state index contributed by atoms with van der Waals surface area (Å²) in [5.74, 6) is 0.634. The molecule has 1 aliphatic rings. The summed E-state index contributed by atoms with van der Waals surface area (Å²) in [6, 6.07) is 0. The molecule has 2 heteroatoms. The summed E-state index contributed by atoms with van der Waals surface area (Å²) in [6.45, 7) is 7.12. The van der Waals surface area contributed by atoms with Crippen molar-refractivity contribution in [1.82, 2.24) is 0 Å². The number of rotatable bonds is 3. The maximum absolute atomic E-state index is 5.69. The van der Waals surface area contributed by atoms with Gasteiger partial charge in [-0.15, -0.1) is 0 Å². The lowest BCUT2D eigenvalue weighted by atomic mass is 9.82. The minimum Gasteiger partial charge on any atom is -0.381 e. The molecule has 0 spiro atoms. The Labute approximate surface area is 75.2 Å². The zero-order chi connectivity index (χ0) is 9.19. The van der Waals surface area contributed by atoms with Crippen LogP contribution in [0, 0.1) is 5.92 Å². The first kappa shape index (κ1) is 10.0. The topological polar surface area (TPSA) is 18.5 Å². The molecule has 0 amide bonds. The lowest BCUT2D eigenvalue weighted by molar-refractivity contribution is -0.0925. The molecular weight excluding hydrogens is 152 g/mol. The van der Waals surface area contributed by atoms with Crippen LogP contribution in [-0.2, 0) is 9.47 Å². The average molecular weight is 172 g/mol. The van der Waals surface area contributed by atoms with Crippen molar-refractivity contribution in [2.45, 2.75) is 45.3 Å². The van der Waals surface area contributed by atoms with Crippen molar-refractivity contribution in [2.24, 2.45) is 5.92 Å². The molecule has 0 aliphatic heterocycles. The van der Waals surface area contributed by atoms with Crippen molar-refractivity contribution in [3.05, 3.63) is 0 Å². The van der Waals surface area contributed by atoms with Crippen LogP contribution in [-0.4, -0.2) is 25.4 Å². The lowest BCUT2D eigenvalue weighted by Crippen LogP contribution is -2.38. The van der Waals surface area contributed by atoms with E-state index in [1.54, 1.807) is 7.11 Å². The highest BCUT2D eigenvalue weighted by molar-refractivity contribution is 4.81. The fourth-order valence-electron chi connectivity index (χ4n) is 1.40. The molecular formula is C10H20O2. The van der Waals surface area contributed by atoms with Gasteiger partial charge in [0.05, 0.1) is 18.3 Å². The van der Waals surface area contributed by atoms with Crippen LogP contribution in [0.2, 0.25) is 0 Å². The number of ether oxygens (including phenoxy) is 2. The summed E-state index contributed by atoms with van der Waals surface area (Å²) in [7, 11) is 1.79. The molecule has 2 atom stereocenters. The SMILES string of the molecule is CO[C@@H]1CC[C@H]1COC(C)(C)C. The summed E-state index contributed by atoms with van der Waals surface area (Å²) >= 11 is 0. The Hall–Kier alpha value is -0.0800. The van der Waals surface area contributed by atoms with Gasteiger partial charge in [-0.05, 0) is 33.6 Å². The molecule has 2 nitrogen and oxygen atoms in total. The van der Waals surface area contributed by atoms with Crippen LogP contribution in [0.15, 0.2) is 0 Å². The first-order valence-corrected chi connectivity index (χ1v) is 4.69. The van der Waals surface area contributed by atoms with Gasteiger partial charge in [0.2, 0.25) is 0 Å². The second-order valence-corrected chi connectivity index (χ2v) is 4.53. The Kier molecular flexibility index (Phi) is 3.13. The highest BCUT2D eigenvalue weighted by Gasteiger charge is 2.31. The third-order valence-corrected chi connectivity index (χ3v) is 2.38. The quantitative estimate of drug-likeness (QED) is 0.650. The fraction of sp³-hybridized carbons (Fsp3) is 1.00. The van der Waals surface area contributed by atoms with E-state index >= 15 is 0 Å². The van der Waals surface area contributed by atoms with Gasteiger partial charge >= 0.3 is 0 Å². The molecule has 0 unspecified atom stereocenters. The van der Waals surface area contributed by atoms with E-state index in [-0.39, 0.29) is 5.60 Å². The van der Waals surface area contributed by atoms with Gasteiger partial charge in [-0.25, -0.2) is 0 Å². The third-order valence-electron chi connectivity index (χ3n) is 2.38. The molecule has 0 saturated heterocycles. The van der Waals surface area contributed by atoms with E-state index in [4.69, 9.17) is 9.47 Å². The molecule has 1 rings (SSSR count). The molecule has 0 N–H and O–H groups in total. The molecule has 1 fully saturated rings. The average Bonchev–Trinajstić information content (AvgIpc) is 1.83. The van der Waals surface area contributed by atoms with E-state index in [9.17, 15) is 0 Å². The largest absolute Gasteiger partial charge is 0.381 e. The van der Waals surface area contributed by atoms with Crippen LogP contribution in [0.25, 0.3) is 0 Å². The first-order valence-electron chi connectivity index (χ1n) is 4.69. The fourth-order valence-corrected chi connectivity index (χ4v) is 1.40. The number of hydrogen-bond donors (Lipinski definition) is 0. The van der Waals surface area contributed by atoms with E-state index in [1.165, 1.54) is 12.8 Å². The van der Waals surface area contributed by atoms with E-state index in [0.29, 0.717) is 12.0 Å². The Bertz CT molecular complexity index is 135. The Morgan fingerprint density at radius 2 is 1.92 bits per heavy atom. The van der Waals surface area contributed by atoms with Gasteiger partial charge < -0.3 is 9.47 Å². The first-order chi connectivity index (χ1) is 5.53. The van der Waals surface area contributed by atoms with Crippen LogP contribution in [0.5, 0.6) is 0 Å². The lowest BCUT2D eigenvalue weighted by Gasteiger charge is -2.36. The third kappa shape index (κ3) is 2.76. The molecule has 12 heavy (non-hydrogen) atoms. The van der Waals surface area contributed by atoms with Gasteiger partial charge in [0, 0.05) is 13.0 Å². The molecule has 1 aliphatic carbocycles. The molecule has 0 radical (unpaired) electrons. The highest BCUT2D eigenvalue weighted by Crippen LogP contribution is 2.30. The monoisotopic (exact) mass is 172 g/mol. The second-order valence-electron chi connectivity index (χ2n) is 4.53. The van der Waals surface area contributed by atoms with Crippen LogP contribution in [0.1, 0.15) is 33.6 Å². The van der Waals surface area contributed by atoms with Crippen molar-refractivity contribution >= 4 is 0 Å². The van der Waals surface area contributed by atoms with E-state index in [0.717, 1.165) is 6.61 Å². The van der Waals surface area contributed by atoms with Crippen molar-refractivity contribution < 1.29 is 9.47 Å². The summed E-state index contributed by atoms with van der Waals surface area (Å²) in [5.41, 5.74) is -0.00607. The molecule has 0 aromatic heterocycles. The zero-order valence-corrected chi connectivity index (χ0v) is 8.59. The minimum atomic E-state index is -0.00607. The van der Waals surface area contributed by atoms with E-state index in [1.807, 2.05) is 0 Å².